The number of nitrogens with one attached hydrogen (secondary N) is 1. The second-order valence-corrected chi connectivity index (χ2v) is 5.15. The molecule has 1 aromatic rings. The largest absolute Gasteiger partial charge is 0.273 e. The van der Waals surface area contributed by atoms with E-state index >= 15 is 0 Å². The van der Waals surface area contributed by atoms with E-state index in [2.05, 4.69) is 11.9 Å². The highest BCUT2D eigenvalue weighted by Gasteiger charge is 1.95. The fourth-order valence-electron chi connectivity index (χ4n) is 0.441. The highest BCUT2D eigenvalue weighted by atomic mass is 32.9. The molecule has 0 aliphatic heterocycles. The Hall–Kier alpha value is 0.130. The summed E-state index contributed by atoms with van der Waals surface area (Å²) in [5.74, 6) is 1.11. The molecule has 0 saturated carbocycles. The lowest BCUT2D eigenvalue weighted by Crippen LogP contribution is -1.91. The van der Waals surface area contributed by atoms with Crippen molar-refractivity contribution in [3.05, 3.63) is 4.80 Å². The Morgan fingerprint density at radius 2 is 2.40 bits per heavy atom. The van der Waals surface area contributed by atoms with Gasteiger partial charge in [-0.15, -0.1) is 0 Å². The predicted molar refractivity (Wildman–Crippen MR) is 46.9 cm³/mol. The van der Waals surface area contributed by atoms with Crippen molar-refractivity contribution >= 4 is 32.4 Å². The van der Waals surface area contributed by atoms with Crippen molar-refractivity contribution in [3.8, 4) is 0 Å². The number of thioether (sulfide) groups is 1. The SMILES string of the molecule is CCCSc1nc(=N)ss1. The monoisotopic (exact) mass is 192 g/mol. The summed E-state index contributed by atoms with van der Waals surface area (Å²) in [6.07, 6.45) is 1.17. The lowest BCUT2D eigenvalue weighted by molar-refractivity contribution is 1.08. The number of hydrogen-bond donors (Lipinski definition) is 1. The number of hydrogen-bond acceptors (Lipinski definition) is 5. The zero-order chi connectivity index (χ0) is 7.40. The molecule has 56 valence electrons. The molecule has 5 heteroatoms. The van der Waals surface area contributed by atoms with E-state index in [1.165, 1.54) is 16.8 Å². The molecular weight excluding hydrogens is 184 g/mol. The summed E-state index contributed by atoms with van der Waals surface area (Å²) in [5.41, 5.74) is 0. The highest BCUT2D eigenvalue weighted by molar-refractivity contribution is 8.02. The van der Waals surface area contributed by atoms with Crippen molar-refractivity contribution in [2.75, 3.05) is 5.75 Å². The van der Waals surface area contributed by atoms with Gasteiger partial charge in [-0.3, -0.25) is 5.41 Å². The first-order valence-electron chi connectivity index (χ1n) is 2.97. The molecule has 0 amide bonds. The summed E-state index contributed by atoms with van der Waals surface area (Å²) in [6, 6.07) is 0. The van der Waals surface area contributed by atoms with Crippen molar-refractivity contribution < 1.29 is 0 Å². The average Bonchev–Trinajstić information content (AvgIpc) is 2.31. The average molecular weight is 192 g/mol. The Morgan fingerprint density at radius 1 is 1.60 bits per heavy atom. The van der Waals surface area contributed by atoms with Gasteiger partial charge >= 0.3 is 0 Å². The first-order valence-corrected chi connectivity index (χ1v) is 6.11. The summed E-state index contributed by atoms with van der Waals surface area (Å²) >= 11 is 1.74. The van der Waals surface area contributed by atoms with Gasteiger partial charge in [-0.1, -0.05) is 18.7 Å². The van der Waals surface area contributed by atoms with Crippen LogP contribution < -0.4 is 4.80 Å². The molecule has 0 bridgehead atoms. The van der Waals surface area contributed by atoms with Crippen LogP contribution in [0.1, 0.15) is 13.3 Å². The third kappa shape index (κ3) is 2.40. The Bertz CT molecular complexity index is 239. The predicted octanol–water partition coefficient (Wildman–Crippen LogP) is 2.19. The molecule has 10 heavy (non-hydrogen) atoms. The number of nitrogens with zero attached hydrogens (tertiary/aromatic N) is 1. The molecule has 0 radical (unpaired) electrons. The molecule has 0 spiro atoms. The van der Waals surface area contributed by atoms with Gasteiger partial charge < -0.3 is 0 Å². The van der Waals surface area contributed by atoms with Crippen LogP contribution in [0.25, 0.3) is 0 Å². The normalized spacial score (nSPS) is 10.1. The van der Waals surface area contributed by atoms with E-state index in [0.29, 0.717) is 4.80 Å². The van der Waals surface area contributed by atoms with Gasteiger partial charge in [-0.25, -0.2) is 4.98 Å². The molecule has 0 aliphatic rings. The summed E-state index contributed by atoms with van der Waals surface area (Å²) in [5, 5.41) is 7.16. The maximum absolute atomic E-state index is 7.16. The van der Waals surface area contributed by atoms with E-state index in [-0.39, 0.29) is 0 Å². The van der Waals surface area contributed by atoms with E-state index in [1.807, 2.05) is 0 Å². The van der Waals surface area contributed by atoms with Gasteiger partial charge in [0.2, 0.25) is 4.80 Å². The van der Waals surface area contributed by atoms with Crippen LogP contribution in [0.4, 0.5) is 0 Å². The standard InChI is InChI=1S/C5H8N2S3/c1-2-3-8-5-7-4(6)9-10-5/h6H,2-3H2,1H3. The van der Waals surface area contributed by atoms with Gasteiger partial charge in [0.05, 0.1) is 0 Å². The molecule has 0 fully saturated rings. The van der Waals surface area contributed by atoms with Gasteiger partial charge in [-0.2, -0.15) is 0 Å². The molecule has 1 rings (SSSR count). The minimum atomic E-state index is 0.434. The number of aromatic nitrogens is 1. The smallest absolute Gasteiger partial charge is 0.213 e. The van der Waals surface area contributed by atoms with E-state index < -0.39 is 0 Å². The van der Waals surface area contributed by atoms with E-state index in [9.17, 15) is 0 Å². The molecule has 0 unspecified atom stereocenters. The molecule has 0 saturated heterocycles. The molecule has 1 N–H and O–H groups in total. The maximum Gasteiger partial charge on any atom is 0.213 e. The quantitative estimate of drug-likeness (QED) is 0.588. The summed E-state index contributed by atoms with van der Waals surface area (Å²) < 4.78 is 1.04. The molecule has 2 nitrogen and oxygen atoms in total. The van der Waals surface area contributed by atoms with Gasteiger partial charge in [0.15, 0.2) is 4.34 Å². The molecular formula is C5H8N2S3. The Morgan fingerprint density at radius 3 is 2.90 bits per heavy atom. The third-order valence-electron chi connectivity index (χ3n) is 0.814. The Kier molecular flexibility index (Phi) is 3.37. The fourth-order valence-corrected chi connectivity index (χ4v) is 3.35. The van der Waals surface area contributed by atoms with E-state index in [1.54, 1.807) is 22.1 Å². The van der Waals surface area contributed by atoms with Crippen molar-refractivity contribution in [3.63, 3.8) is 0 Å². The summed E-state index contributed by atoms with van der Waals surface area (Å²) in [6.45, 7) is 2.14. The lowest BCUT2D eigenvalue weighted by atomic mass is 10.6. The number of rotatable bonds is 3. The first kappa shape index (κ1) is 8.23. The highest BCUT2D eigenvalue weighted by Crippen LogP contribution is 2.21. The summed E-state index contributed by atoms with van der Waals surface area (Å²) in [7, 11) is 3.03. The molecule has 0 aromatic carbocycles. The lowest BCUT2D eigenvalue weighted by Gasteiger charge is -1.88. The van der Waals surface area contributed by atoms with Crippen molar-refractivity contribution in [2.45, 2.75) is 17.7 Å². The topological polar surface area (TPSA) is 36.7 Å². The summed E-state index contributed by atoms with van der Waals surface area (Å²) in [4.78, 5) is 4.45. The van der Waals surface area contributed by atoms with Crippen molar-refractivity contribution in [1.82, 2.24) is 4.98 Å². The van der Waals surface area contributed by atoms with Crippen LogP contribution in [0.5, 0.6) is 0 Å². The fraction of sp³-hybridized carbons (Fsp3) is 0.600. The Labute approximate surface area is 71.2 Å². The van der Waals surface area contributed by atoms with Gasteiger partial charge in [-0.05, 0) is 27.1 Å². The first-order chi connectivity index (χ1) is 4.83. The van der Waals surface area contributed by atoms with Crippen LogP contribution in [0.3, 0.4) is 0 Å². The zero-order valence-electron chi connectivity index (χ0n) is 5.59. The van der Waals surface area contributed by atoms with Crippen molar-refractivity contribution in [1.29, 1.82) is 5.41 Å². The van der Waals surface area contributed by atoms with Gasteiger partial charge in [0.1, 0.15) is 0 Å². The molecule has 1 aromatic heterocycles. The van der Waals surface area contributed by atoms with Crippen LogP contribution in [-0.4, -0.2) is 10.7 Å². The zero-order valence-corrected chi connectivity index (χ0v) is 8.04. The van der Waals surface area contributed by atoms with Crippen LogP contribution >= 0.6 is 32.4 Å². The van der Waals surface area contributed by atoms with Crippen LogP contribution in [0.2, 0.25) is 0 Å². The molecule has 1 heterocycles. The molecule has 0 atom stereocenters. The van der Waals surface area contributed by atoms with Crippen LogP contribution in [0, 0.1) is 5.41 Å². The van der Waals surface area contributed by atoms with E-state index in [0.717, 1.165) is 10.1 Å². The van der Waals surface area contributed by atoms with Crippen LogP contribution in [-0.2, 0) is 0 Å². The second kappa shape index (κ2) is 4.10. The molecule has 0 aliphatic carbocycles. The van der Waals surface area contributed by atoms with Gasteiger partial charge in [0.25, 0.3) is 0 Å². The van der Waals surface area contributed by atoms with Crippen LogP contribution in [0.15, 0.2) is 4.34 Å². The Balaban J connectivity index is 2.50. The van der Waals surface area contributed by atoms with Crippen molar-refractivity contribution in [2.24, 2.45) is 0 Å². The van der Waals surface area contributed by atoms with E-state index in [4.69, 9.17) is 5.41 Å². The maximum atomic E-state index is 7.16. The minimum Gasteiger partial charge on any atom is -0.273 e. The van der Waals surface area contributed by atoms with Gasteiger partial charge in [0, 0.05) is 5.75 Å². The third-order valence-corrected chi connectivity index (χ3v) is 4.45. The minimum absolute atomic E-state index is 0.434. The second-order valence-electron chi connectivity index (χ2n) is 1.70.